The molecule has 1 heterocycles. The molecule has 2 nitrogen and oxygen atoms in total. The molecule has 3 rings (SSSR count). The van der Waals surface area contributed by atoms with Crippen molar-refractivity contribution in [2.24, 2.45) is 0 Å². The lowest BCUT2D eigenvalue weighted by atomic mass is 9.88. The van der Waals surface area contributed by atoms with Crippen molar-refractivity contribution in [1.29, 1.82) is 0 Å². The third-order valence-corrected chi connectivity index (χ3v) is 3.89. The van der Waals surface area contributed by atoms with Crippen molar-refractivity contribution < 1.29 is 4.79 Å². The third-order valence-electron chi connectivity index (χ3n) is 3.23. The number of fused-ring (bicyclic) bond motifs is 2. The molecule has 1 saturated carbocycles. The summed E-state index contributed by atoms with van der Waals surface area (Å²) in [5.74, 6) is 0.0684. The average Bonchev–Trinajstić information content (AvgIpc) is 2.93. The second-order valence-electron chi connectivity index (χ2n) is 4.13. The van der Waals surface area contributed by atoms with Crippen LogP contribution in [0.2, 0.25) is 0 Å². The molecule has 2 aliphatic rings. The fraction of sp³-hybridized carbons (Fsp3) is 0.364. The highest BCUT2D eigenvalue weighted by Crippen LogP contribution is 2.52. The number of amides is 1. The number of benzene rings is 1. The average molecular weight is 252 g/mol. The SMILES string of the molecule is O=C1NCC2(CC2)c2c(Br)cccc21. The third kappa shape index (κ3) is 0.989. The number of carbonyl (C=O) groups excluding carboxylic acids is 1. The Morgan fingerprint density at radius 1 is 1.36 bits per heavy atom. The van der Waals surface area contributed by atoms with E-state index >= 15 is 0 Å². The van der Waals surface area contributed by atoms with Crippen LogP contribution in [0.4, 0.5) is 0 Å². The van der Waals surface area contributed by atoms with Gasteiger partial charge >= 0.3 is 0 Å². The quantitative estimate of drug-likeness (QED) is 0.753. The highest BCUT2D eigenvalue weighted by Gasteiger charge is 2.49. The van der Waals surface area contributed by atoms with Crippen LogP contribution >= 0.6 is 15.9 Å². The van der Waals surface area contributed by atoms with Crippen molar-refractivity contribution >= 4 is 21.8 Å². The first-order chi connectivity index (χ1) is 6.73. The number of hydrogen-bond donors (Lipinski definition) is 1. The Balaban J connectivity index is 2.27. The molecular formula is C11H10BrNO. The van der Waals surface area contributed by atoms with Gasteiger partial charge in [0.15, 0.2) is 0 Å². The summed E-state index contributed by atoms with van der Waals surface area (Å²) in [6, 6.07) is 5.86. The van der Waals surface area contributed by atoms with Gasteiger partial charge < -0.3 is 5.32 Å². The van der Waals surface area contributed by atoms with E-state index in [1.165, 1.54) is 18.4 Å². The number of nitrogens with one attached hydrogen (secondary N) is 1. The van der Waals surface area contributed by atoms with Crippen LogP contribution in [0.15, 0.2) is 22.7 Å². The Labute approximate surface area is 90.8 Å². The van der Waals surface area contributed by atoms with Crippen LogP contribution in [0.25, 0.3) is 0 Å². The van der Waals surface area contributed by atoms with E-state index in [0.29, 0.717) is 0 Å². The van der Waals surface area contributed by atoms with Gasteiger partial charge in [0.25, 0.3) is 5.91 Å². The first-order valence-corrected chi connectivity index (χ1v) is 5.59. The second kappa shape index (κ2) is 2.60. The molecule has 0 atom stereocenters. The molecular weight excluding hydrogens is 242 g/mol. The van der Waals surface area contributed by atoms with Crippen molar-refractivity contribution in [3.8, 4) is 0 Å². The fourth-order valence-corrected chi connectivity index (χ4v) is 3.05. The lowest BCUT2D eigenvalue weighted by Gasteiger charge is -2.26. The largest absolute Gasteiger partial charge is 0.351 e. The number of hydrogen-bond acceptors (Lipinski definition) is 1. The molecule has 1 fully saturated rings. The molecule has 1 N–H and O–H groups in total. The van der Waals surface area contributed by atoms with Gasteiger partial charge in [0.2, 0.25) is 0 Å². The minimum absolute atomic E-state index is 0.0684. The Morgan fingerprint density at radius 3 is 2.86 bits per heavy atom. The minimum atomic E-state index is 0.0684. The van der Waals surface area contributed by atoms with Gasteiger partial charge in [0.1, 0.15) is 0 Å². The van der Waals surface area contributed by atoms with Crippen LogP contribution in [0.3, 0.4) is 0 Å². The zero-order valence-electron chi connectivity index (χ0n) is 7.64. The molecule has 14 heavy (non-hydrogen) atoms. The van der Waals surface area contributed by atoms with Gasteiger partial charge in [-0.25, -0.2) is 0 Å². The maximum Gasteiger partial charge on any atom is 0.251 e. The minimum Gasteiger partial charge on any atom is -0.351 e. The Kier molecular flexibility index (Phi) is 1.57. The lowest BCUT2D eigenvalue weighted by molar-refractivity contribution is 0.0937. The van der Waals surface area contributed by atoms with Gasteiger partial charge in [0, 0.05) is 22.0 Å². The second-order valence-corrected chi connectivity index (χ2v) is 4.98. The van der Waals surface area contributed by atoms with Crippen molar-refractivity contribution in [1.82, 2.24) is 5.32 Å². The van der Waals surface area contributed by atoms with Crippen LogP contribution in [-0.4, -0.2) is 12.5 Å². The van der Waals surface area contributed by atoms with Crippen molar-refractivity contribution in [3.63, 3.8) is 0 Å². The summed E-state index contributed by atoms with van der Waals surface area (Å²) in [4.78, 5) is 11.6. The van der Waals surface area contributed by atoms with Crippen LogP contribution in [0.1, 0.15) is 28.8 Å². The van der Waals surface area contributed by atoms with Crippen LogP contribution in [0.5, 0.6) is 0 Å². The normalized spacial score (nSPS) is 21.6. The maximum absolute atomic E-state index is 11.6. The molecule has 0 saturated heterocycles. The van der Waals surface area contributed by atoms with Gasteiger partial charge in [-0.05, 0) is 30.5 Å². The monoisotopic (exact) mass is 251 g/mol. The van der Waals surface area contributed by atoms with Gasteiger partial charge in [0.05, 0.1) is 0 Å². The molecule has 1 aromatic rings. The van der Waals surface area contributed by atoms with Crippen molar-refractivity contribution in [3.05, 3.63) is 33.8 Å². The zero-order chi connectivity index (χ0) is 9.76. The summed E-state index contributed by atoms with van der Waals surface area (Å²) in [5, 5.41) is 2.96. The first kappa shape index (κ1) is 8.48. The smallest absolute Gasteiger partial charge is 0.251 e. The summed E-state index contributed by atoms with van der Waals surface area (Å²) < 4.78 is 1.09. The zero-order valence-corrected chi connectivity index (χ0v) is 9.23. The van der Waals surface area contributed by atoms with Crippen LogP contribution in [0, 0.1) is 0 Å². The molecule has 1 aromatic carbocycles. The standard InChI is InChI=1S/C11H10BrNO/c12-8-3-1-2-7-9(8)11(4-5-11)6-13-10(7)14/h1-3H,4-6H2,(H,13,14). The molecule has 0 unspecified atom stereocenters. The topological polar surface area (TPSA) is 29.1 Å². The fourth-order valence-electron chi connectivity index (χ4n) is 2.26. The van der Waals surface area contributed by atoms with E-state index < -0.39 is 0 Å². The molecule has 1 spiro atoms. The van der Waals surface area contributed by atoms with E-state index in [-0.39, 0.29) is 11.3 Å². The summed E-state index contributed by atoms with van der Waals surface area (Å²) in [6.07, 6.45) is 2.39. The number of rotatable bonds is 0. The van der Waals surface area contributed by atoms with E-state index in [0.717, 1.165) is 16.6 Å². The predicted molar refractivity (Wildman–Crippen MR) is 57.4 cm³/mol. The Hall–Kier alpha value is -0.830. The van der Waals surface area contributed by atoms with Gasteiger partial charge in [-0.3, -0.25) is 4.79 Å². The summed E-state index contributed by atoms with van der Waals surface area (Å²) >= 11 is 3.55. The molecule has 0 aromatic heterocycles. The number of carbonyl (C=O) groups is 1. The first-order valence-electron chi connectivity index (χ1n) is 4.80. The summed E-state index contributed by atoms with van der Waals surface area (Å²) in [6.45, 7) is 0.807. The molecule has 0 bridgehead atoms. The Morgan fingerprint density at radius 2 is 2.14 bits per heavy atom. The maximum atomic E-state index is 11.6. The van der Waals surface area contributed by atoms with Gasteiger partial charge in [-0.15, -0.1) is 0 Å². The predicted octanol–water partition coefficient (Wildman–Crippen LogP) is 2.22. The van der Waals surface area contributed by atoms with Crippen molar-refractivity contribution in [2.45, 2.75) is 18.3 Å². The van der Waals surface area contributed by atoms with E-state index in [1.54, 1.807) is 0 Å². The molecule has 3 heteroatoms. The number of halogens is 1. The molecule has 1 aliphatic heterocycles. The lowest BCUT2D eigenvalue weighted by Crippen LogP contribution is -2.39. The van der Waals surface area contributed by atoms with Crippen molar-refractivity contribution in [2.75, 3.05) is 6.54 Å². The van der Waals surface area contributed by atoms with E-state index in [4.69, 9.17) is 0 Å². The summed E-state index contributed by atoms with van der Waals surface area (Å²) in [5.41, 5.74) is 2.33. The molecule has 72 valence electrons. The summed E-state index contributed by atoms with van der Waals surface area (Å²) in [7, 11) is 0. The van der Waals surface area contributed by atoms with Crippen LogP contribution in [-0.2, 0) is 5.41 Å². The van der Waals surface area contributed by atoms with Gasteiger partial charge in [-0.1, -0.05) is 22.0 Å². The van der Waals surface area contributed by atoms with E-state index in [9.17, 15) is 4.79 Å². The Bertz CT molecular complexity index is 423. The molecule has 1 amide bonds. The van der Waals surface area contributed by atoms with Gasteiger partial charge in [-0.2, -0.15) is 0 Å². The van der Waals surface area contributed by atoms with Crippen LogP contribution < -0.4 is 5.32 Å². The highest BCUT2D eigenvalue weighted by atomic mass is 79.9. The van der Waals surface area contributed by atoms with E-state index in [2.05, 4.69) is 21.2 Å². The highest BCUT2D eigenvalue weighted by molar-refractivity contribution is 9.10. The van der Waals surface area contributed by atoms with E-state index in [1.807, 2.05) is 18.2 Å². The molecule has 1 aliphatic carbocycles. The molecule has 0 radical (unpaired) electrons.